The summed E-state index contributed by atoms with van der Waals surface area (Å²) in [6.45, 7) is 15.7. The summed E-state index contributed by atoms with van der Waals surface area (Å²) < 4.78 is 5.45. The molecule has 1 aliphatic heterocycles. The van der Waals surface area contributed by atoms with Gasteiger partial charge in [-0.15, -0.1) is 24.0 Å². The number of piperidine rings is 1. The summed E-state index contributed by atoms with van der Waals surface area (Å²) in [5.74, 6) is 1.82. The van der Waals surface area contributed by atoms with Gasteiger partial charge in [-0.3, -0.25) is 4.90 Å². The number of likely N-dealkylation sites (tertiary alicyclic amines) is 1. The average Bonchev–Trinajstić information content (AvgIpc) is 3.06. The highest BCUT2D eigenvalue weighted by molar-refractivity contribution is 14.0. The lowest BCUT2D eigenvalue weighted by Gasteiger charge is -2.41. The summed E-state index contributed by atoms with van der Waals surface area (Å²) >= 11 is 0. The molecule has 0 aliphatic carbocycles. The molecule has 7 heteroatoms. The molecule has 0 atom stereocenters. The van der Waals surface area contributed by atoms with Gasteiger partial charge in [0.25, 0.3) is 0 Å². The maximum Gasteiger partial charge on any atom is 0.191 e. The molecule has 2 heterocycles. The van der Waals surface area contributed by atoms with Crippen LogP contribution in [0, 0.1) is 0 Å². The molecule has 0 aromatic carbocycles. The lowest BCUT2D eigenvalue weighted by atomic mass is 9.98. The number of aliphatic imine (C=N–C) groups is 1. The molecule has 0 saturated carbocycles. The van der Waals surface area contributed by atoms with E-state index in [0.717, 1.165) is 48.9 Å². The van der Waals surface area contributed by atoms with Crippen molar-refractivity contribution in [3.8, 4) is 0 Å². The fourth-order valence-corrected chi connectivity index (χ4v) is 3.53. The summed E-state index contributed by atoms with van der Waals surface area (Å²) in [7, 11) is 0. The van der Waals surface area contributed by atoms with Crippen molar-refractivity contribution < 1.29 is 4.52 Å². The summed E-state index contributed by atoms with van der Waals surface area (Å²) in [5, 5.41) is 11.1. The van der Waals surface area contributed by atoms with Gasteiger partial charge in [0.15, 0.2) is 5.96 Å². The quantitative estimate of drug-likeness (QED) is 0.330. The van der Waals surface area contributed by atoms with E-state index in [1.54, 1.807) is 0 Å². The summed E-state index contributed by atoms with van der Waals surface area (Å²) in [6, 6.07) is 0. The Labute approximate surface area is 181 Å². The summed E-state index contributed by atoms with van der Waals surface area (Å²) in [5.41, 5.74) is 2.29. The molecule has 2 rings (SSSR count). The van der Waals surface area contributed by atoms with Crippen molar-refractivity contribution in [2.24, 2.45) is 4.99 Å². The van der Waals surface area contributed by atoms with Gasteiger partial charge in [0.1, 0.15) is 5.76 Å². The van der Waals surface area contributed by atoms with Gasteiger partial charge in [0.2, 0.25) is 0 Å². The second-order valence-corrected chi connectivity index (χ2v) is 7.65. The number of halogens is 1. The SMILES string of the molecule is CCNC(=NCc1c(CC)noc1CC)NCC(C)(C)N1CCCCC1.I. The van der Waals surface area contributed by atoms with Crippen LogP contribution >= 0.6 is 24.0 Å². The van der Waals surface area contributed by atoms with Gasteiger partial charge >= 0.3 is 0 Å². The van der Waals surface area contributed by atoms with Gasteiger partial charge in [0, 0.05) is 30.6 Å². The Kier molecular flexibility index (Phi) is 10.7. The maximum atomic E-state index is 5.45. The second kappa shape index (κ2) is 11.9. The molecular formula is C20H38IN5O. The van der Waals surface area contributed by atoms with Gasteiger partial charge in [-0.05, 0) is 53.1 Å². The number of nitrogens with zero attached hydrogens (tertiary/aromatic N) is 3. The Morgan fingerprint density at radius 2 is 1.81 bits per heavy atom. The van der Waals surface area contributed by atoms with Crippen LogP contribution < -0.4 is 10.6 Å². The smallest absolute Gasteiger partial charge is 0.191 e. The van der Waals surface area contributed by atoms with Crippen molar-refractivity contribution in [3.63, 3.8) is 0 Å². The number of hydrogen-bond donors (Lipinski definition) is 2. The van der Waals surface area contributed by atoms with Gasteiger partial charge in [-0.1, -0.05) is 25.4 Å². The molecule has 6 nitrogen and oxygen atoms in total. The molecule has 2 N–H and O–H groups in total. The van der Waals surface area contributed by atoms with E-state index < -0.39 is 0 Å². The zero-order valence-electron chi connectivity index (χ0n) is 17.7. The minimum atomic E-state index is 0. The number of aryl methyl sites for hydroxylation is 2. The van der Waals surface area contributed by atoms with Gasteiger partial charge in [-0.2, -0.15) is 0 Å². The minimum Gasteiger partial charge on any atom is -0.361 e. The van der Waals surface area contributed by atoms with Crippen LogP contribution in [0.4, 0.5) is 0 Å². The average molecular weight is 491 g/mol. The Bertz CT molecular complexity index is 557. The molecule has 0 radical (unpaired) electrons. The van der Waals surface area contributed by atoms with Crippen molar-refractivity contribution in [1.82, 2.24) is 20.7 Å². The van der Waals surface area contributed by atoms with Crippen LogP contribution in [-0.4, -0.2) is 47.7 Å². The van der Waals surface area contributed by atoms with Gasteiger partial charge < -0.3 is 15.2 Å². The fraction of sp³-hybridized carbons (Fsp3) is 0.800. The first kappa shape index (κ1) is 24.2. The van der Waals surface area contributed by atoms with Crippen LogP contribution in [0.1, 0.15) is 70.9 Å². The van der Waals surface area contributed by atoms with Crippen LogP contribution in [-0.2, 0) is 19.4 Å². The molecule has 1 aliphatic rings. The predicted molar refractivity (Wildman–Crippen MR) is 123 cm³/mol. The van der Waals surface area contributed by atoms with E-state index in [9.17, 15) is 0 Å². The normalized spacial score (nSPS) is 16.1. The van der Waals surface area contributed by atoms with E-state index in [2.05, 4.69) is 55.3 Å². The maximum absolute atomic E-state index is 5.45. The largest absolute Gasteiger partial charge is 0.361 e. The van der Waals surface area contributed by atoms with Crippen LogP contribution in [0.15, 0.2) is 9.52 Å². The van der Waals surface area contributed by atoms with E-state index in [0.29, 0.717) is 6.54 Å². The molecular weight excluding hydrogens is 453 g/mol. The highest BCUT2D eigenvalue weighted by atomic mass is 127. The molecule has 0 unspecified atom stereocenters. The third-order valence-corrected chi connectivity index (χ3v) is 5.25. The van der Waals surface area contributed by atoms with Crippen molar-refractivity contribution >= 4 is 29.9 Å². The highest BCUT2D eigenvalue weighted by Gasteiger charge is 2.27. The first-order valence-corrected chi connectivity index (χ1v) is 10.2. The molecule has 1 saturated heterocycles. The van der Waals surface area contributed by atoms with Crippen LogP contribution in [0.3, 0.4) is 0 Å². The molecule has 27 heavy (non-hydrogen) atoms. The van der Waals surface area contributed by atoms with Crippen LogP contribution in [0.25, 0.3) is 0 Å². The van der Waals surface area contributed by atoms with E-state index in [4.69, 9.17) is 9.52 Å². The first-order valence-electron chi connectivity index (χ1n) is 10.2. The predicted octanol–water partition coefficient (Wildman–Crippen LogP) is 3.74. The van der Waals surface area contributed by atoms with Gasteiger partial charge in [-0.25, -0.2) is 4.99 Å². The third-order valence-electron chi connectivity index (χ3n) is 5.25. The Balaban J connectivity index is 0.00000364. The zero-order valence-corrected chi connectivity index (χ0v) is 20.1. The number of aromatic nitrogens is 1. The lowest BCUT2D eigenvalue weighted by Crippen LogP contribution is -2.54. The standard InChI is InChI=1S/C20H37N5O.HI/c1-6-17-16(18(7-2)26-24-17)14-22-19(21-8-3)23-15-20(4,5)25-12-10-9-11-13-25;/h6-15H2,1-5H3,(H2,21,22,23);1H. The Hall–Kier alpha value is -0.830. The van der Waals surface area contributed by atoms with E-state index in [-0.39, 0.29) is 29.5 Å². The topological polar surface area (TPSA) is 65.7 Å². The number of hydrogen-bond acceptors (Lipinski definition) is 4. The lowest BCUT2D eigenvalue weighted by molar-refractivity contribution is 0.0982. The van der Waals surface area contributed by atoms with Gasteiger partial charge in [0.05, 0.1) is 12.2 Å². The van der Waals surface area contributed by atoms with E-state index in [1.807, 2.05) is 0 Å². The van der Waals surface area contributed by atoms with E-state index in [1.165, 1.54) is 32.4 Å². The minimum absolute atomic E-state index is 0. The number of guanidine groups is 1. The van der Waals surface area contributed by atoms with Crippen molar-refractivity contribution in [2.75, 3.05) is 26.2 Å². The van der Waals surface area contributed by atoms with Crippen molar-refractivity contribution in [2.45, 2.75) is 78.8 Å². The number of nitrogens with one attached hydrogen (secondary N) is 2. The highest BCUT2D eigenvalue weighted by Crippen LogP contribution is 2.20. The molecule has 1 aromatic heterocycles. The molecule has 156 valence electrons. The fourth-order valence-electron chi connectivity index (χ4n) is 3.53. The van der Waals surface area contributed by atoms with Crippen LogP contribution in [0.5, 0.6) is 0 Å². The summed E-state index contributed by atoms with van der Waals surface area (Å²) in [4.78, 5) is 7.39. The molecule has 1 aromatic rings. The number of rotatable bonds is 8. The molecule has 1 fully saturated rings. The third kappa shape index (κ3) is 6.93. The molecule has 0 bridgehead atoms. The Morgan fingerprint density at radius 1 is 1.11 bits per heavy atom. The van der Waals surface area contributed by atoms with E-state index >= 15 is 0 Å². The van der Waals surface area contributed by atoms with Crippen LogP contribution in [0.2, 0.25) is 0 Å². The van der Waals surface area contributed by atoms with Crippen molar-refractivity contribution in [3.05, 3.63) is 17.0 Å². The zero-order chi connectivity index (χ0) is 19.0. The first-order chi connectivity index (χ1) is 12.5. The molecule has 0 spiro atoms. The van der Waals surface area contributed by atoms with Crippen molar-refractivity contribution in [1.29, 1.82) is 0 Å². The monoisotopic (exact) mass is 491 g/mol. The molecule has 0 amide bonds. The second-order valence-electron chi connectivity index (χ2n) is 7.65. The summed E-state index contributed by atoms with van der Waals surface area (Å²) in [6.07, 6.45) is 5.71. The Morgan fingerprint density at radius 3 is 2.41 bits per heavy atom.